The van der Waals surface area contributed by atoms with E-state index in [0.29, 0.717) is 11.3 Å². The van der Waals surface area contributed by atoms with Gasteiger partial charge in [0.15, 0.2) is 0 Å². The van der Waals surface area contributed by atoms with Gasteiger partial charge in [0.1, 0.15) is 10.6 Å². The molecule has 0 aromatic heterocycles. The zero-order valence-corrected chi connectivity index (χ0v) is 19.4. The standard InChI is InChI=1S/C24H28N2O5S/c1-15-8-10-20(16(2)12-15)25-32(29,30)22-13-17(9-11-21(22)31-3)14-26-23(27)18-6-4-5-7-19(18)24(26)28/h8-13,18-19,25H,4-7,14H2,1-3H3/t18-,19-/m1/s1. The van der Waals surface area contributed by atoms with Crippen LogP contribution in [0, 0.1) is 25.7 Å². The van der Waals surface area contributed by atoms with Gasteiger partial charge in [0.25, 0.3) is 10.0 Å². The van der Waals surface area contributed by atoms with Crippen LogP contribution in [0.3, 0.4) is 0 Å². The van der Waals surface area contributed by atoms with Crippen molar-refractivity contribution in [2.24, 2.45) is 11.8 Å². The van der Waals surface area contributed by atoms with Gasteiger partial charge in [-0.1, -0.05) is 36.6 Å². The average molecular weight is 457 g/mol. The molecule has 1 aliphatic heterocycles. The van der Waals surface area contributed by atoms with E-state index in [2.05, 4.69) is 4.72 Å². The fraction of sp³-hybridized carbons (Fsp3) is 0.417. The molecule has 170 valence electrons. The minimum atomic E-state index is -3.96. The number of hydrogen-bond donors (Lipinski definition) is 1. The maximum absolute atomic E-state index is 13.2. The van der Waals surface area contributed by atoms with Crippen molar-refractivity contribution in [3.05, 3.63) is 53.1 Å². The summed E-state index contributed by atoms with van der Waals surface area (Å²) in [5.41, 5.74) is 2.88. The molecule has 1 saturated heterocycles. The first kappa shape index (κ1) is 22.3. The number of nitrogens with one attached hydrogen (secondary N) is 1. The van der Waals surface area contributed by atoms with E-state index in [-0.39, 0.29) is 40.8 Å². The highest BCUT2D eigenvalue weighted by Gasteiger charge is 2.47. The molecule has 0 unspecified atom stereocenters. The smallest absolute Gasteiger partial charge is 0.265 e. The molecule has 1 N–H and O–H groups in total. The topological polar surface area (TPSA) is 92.8 Å². The van der Waals surface area contributed by atoms with Crippen molar-refractivity contribution in [2.75, 3.05) is 11.8 Å². The lowest BCUT2D eigenvalue weighted by Gasteiger charge is -2.19. The summed E-state index contributed by atoms with van der Waals surface area (Å²) in [5, 5.41) is 0. The molecule has 0 spiro atoms. The fourth-order valence-electron chi connectivity index (χ4n) is 4.73. The Labute approximate surface area is 188 Å². The van der Waals surface area contributed by atoms with Crippen LogP contribution in [-0.4, -0.2) is 32.2 Å². The molecule has 8 heteroatoms. The summed E-state index contributed by atoms with van der Waals surface area (Å²) in [6, 6.07) is 10.2. The lowest BCUT2D eigenvalue weighted by Crippen LogP contribution is -2.30. The number of imide groups is 1. The van der Waals surface area contributed by atoms with Gasteiger partial charge in [-0.15, -0.1) is 0 Å². The lowest BCUT2D eigenvalue weighted by atomic mass is 9.81. The number of sulfonamides is 1. The van der Waals surface area contributed by atoms with Gasteiger partial charge in [-0.05, 0) is 56.0 Å². The molecule has 2 aromatic carbocycles. The molecule has 7 nitrogen and oxygen atoms in total. The second kappa shape index (κ2) is 8.58. The van der Waals surface area contributed by atoms with Gasteiger partial charge in [-0.3, -0.25) is 19.2 Å². The summed E-state index contributed by atoms with van der Waals surface area (Å²) in [7, 11) is -2.55. The van der Waals surface area contributed by atoms with E-state index in [1.165, 1.54) is 18.1 Å². The van der Waals surface area contributed by atoms with E-state index < -0.39 is 10.0 Å². The molecule has 32 heavy (non-hydrogen) atoms. The number of methoxy groups -OCH3 is 1. The first-order valence-corrected chi connectivity index (χ1v) is 12.3. The number of anilines is 1. The third-order valence-corrected chi connectivity index (χ3v) is 7.80. The Kier molecular flexibility index (Phi) is 5.99. The molecule has 0 bridgehead atoms. The van der Waals surface area contributed by atoms with E-state index >= 15 is 0 Å². The van der Waals surface area contributed by atoms with Gasteiger partial charge in [0.05, 0.1) is 31.2 Å². The molecule has 4 rings (SSSR count). The van der Waals surface area contributed by atoms with Crippen LogP contribution < -0.4 is 9.46 Å². The number of benzene rings is 2. The molecule has 2 atom stereocenters. The molecule has 0 radical (unpaired) electrons. The largest absolute Gasteiger partial charge is 0.495 e. The van der Waals surface area contributed by atoms with Crippen LogP contribution in [0.4, 0.5) is 5.69 Å². The number of rotatable bonds is 6. The van der Waals surface area contributed by atoms with E-state index in [1.54, 1.807) is 18.2 Å². The Morgan fingerprint density at radius 1 is 1.00 bits per heavy atom. The molecule has 2 amide bonds. The summed E-state index contributed by atoms with van der Waals surface area (Å²) >= 11 is 0. The van der Waals surface area contributed by atoms with E-state index in [9.17, 15) is 18.0 Å². The van der Waals surface area contributed by atoms with Crippen LogP contribution in [0.15, 0.2) is 41.3 Å². The minimum Gasteiger partial charge on any atom is -0.495 e. The Bertz CT molecular complexity index is 1150. The minimum absolute atomic E-state index is 0.0333. The Hall–Kier alpha value is -2.87. The molecule has 2 aliphatic rings. The highest BCUT2D eigenvalue weighted by molar-refractivity contribution is 7.92. The number of nitrogens with zero attached hydrogens (tertiary/aromatic N) is 1. The summed E-state index contributed by atoms with van der Waals surface area (Å²) in [6.07, 6.45) is 3.41. The number of ether oxygens (including phenoxy) is 1. The first-order valence-electron chi connectivity index (χ1n) is 10.8. The number of hydrogen-bond acceptors (Lipinski definition) is 5. The predicted octanol–water partition coefficient (Wildman–Crippen LogP) is 3.79. The van der Waals surface area contributed by atoms with Crippen LogP contribution in [0.5, 0.6) is 5.75 Å². The van der Waals surface area contributed by atoms with E-state index in [4.69, 9.17) is 4.74 Å². The molecule has 1 saturated carbocycles. The number of aryl methyl sites for hydroxylation is 2. The van der Waals surface area contributed by atoms with Gasteiger partial charge in [-0.25, -0.2) is 8.42 Å². The average Bonchev–Trinajstić information content (AvgIpc) is 3.01. The van der Waals surface area contributed by atoms with Gasteiger partial charge in [-0.2, -0.15) is 0 Å². The second-order valence-electron chi connectivity index (χ2n) is 8.67. The van der Waals surface area contributed by atoms with Crippen LogP contribution in [0.25, 0.3) is 0 Å². The van der Waals surface area contributed by atoms with Crippen molar-refractivity contribution < 1.29 is 22.7 Å². The van der Waals surface area contributed by atoms with E-state index in [1.807, 2.05) is 26.0 Å². The highest BCUT2D eigenvalue weighted by Crippen LogP contribution is 2.39. The Morgan fingerprint density at radius 2 is 1.66 bits per heavy atom. The summed E-state index contributed by atoms with van der Waals surface area (Å²) in [5.74, 6) is -0.562. The van der Waals surface area contributed by atoms with Crippen LogP contribution in [-0.2, 0) is 26.2 Å². The number of amides is 2. The maximum atomic E-state index is 13.2. The number of likely N-dealkylation sites (tertiary alicyclic amines) is 1. The van der Waals surface area contributed by atoms with Crippen LogP contribution in [0.2, 0.25) is 0 Å². The third-order valence-electron chi connectivity index (χ3n) is 6.42. The molecule has 2 fully saturated rings. The van der Waals surface area contributed by atoms with Crippen LogP contribution in [0.1, 0.15) is 42.4 Å². The normalized spacial score (nSPS) is 20.9. The first-order chi connectivity index (χ1) is 15.2. The van der Waals surface area contributed by atoms with Crippen LogP contribution >= 0.6 is 0 Å². The molecule has 1 aliphatic carbocycles. The second-order valence-corrected chi connectivity index (χ2v) is 10.3. The van der Waals surface area contributed by atoms with Crippen molar-refractivity contribution in [1.82, 2.24) is 4.90 Å². The Morgan fingerprint density at radius 3 is 2.25 bits per heavy atom. The summed E-state index contributed by atoms with van der Waals surface area (Å²) in [4.78, 5) is 26.9. The van der Waals surface area contributed by atoms with Crippen molar-refractivity contribution >= 4 is 27.5 Å². The Balaban J connectivity index is 1.63. The quantitative estimate of drug-likeness (QED) is 0.668. The molecular formula is C24H28N2O5S. The fourth-order valence-corrected chi connectivity index (χ4v) is 6.08. The summed E-state index contributed by atoms with van der Waals surface area (Å²) < 4.78 is 34.3. The molecule has 2 aromatic rings. The van der Waals surface area contributed by atoms with Crippen molar-refractivity contribution in [3.8, 4) is 5.75 Å². The van der Waals surface area contributed by atoms with Crippen molar-refractivity contribution in [1.29, 1.82) is 0 Å². The summed E-state index contributed by atoms with van der Waals surface area (Å²) in [6.45, 7) is 3.83. The zero-order valence-electron chi connectivity index (χ0n) is 18.6. The number of fused-ring (bicyclic) bond motifs is 1. The van der Waals surface area contributed by atoms with Gasteiger partial charge < -0.3 is 4.74 Å². The molecule has 1 heterocycles. The van der Waals surface area contributed by atoms with Gasteiger partial charge >= 0.3 is 0 Å². The number of carbonyl (C=O) groups is 2. The third kappa shape index (κ3) is 4.11. The number of carbonyl (C=O) groups excluding carboxylic acids is 2. The van der Waals surface area contributed by atoms with Gasteiger partial charge in [0, 0.05) is 0 Å². The maximum Gasteiger partial charge on any atom is 0.265 e. The van der Waals surface area contributed by atoms with E-state index in [0.717, 1.165) is 36.8 Å². The van der Waals surface area contributed by atoms with Crippen molar-refractivity contribution in [2.45, 2.75) is 51.0 Å². The zero-order chi connectivity index (χ0) is 23.0. The van der Waals surface area contributed by atoms with Gasteiger partial charge in [0.2, 0.25) is 11.8 Å². The molecular weight excluding hydrogens is 428 g/mol. The SMILES string of the molecule is COc1ccc(CN2C(=O)[C@@H]3CCCC[C@H]3C2=O)cc1S(=O)(=O)Nc1ccc(C)cc1C. The lowest BCUT2D eigenvalue weighted by molar-refractivity contribution is -0.140. The van der Waals surface area contributed by atoms with Crippen molar-refractivity contribution in [3.63, 3.8) is 0 Å². The monoisotopic (exact) mass is 456 g/mol. The highest BCUT2D eigenvalue weighted by atomic mass is 32.2. The predicted molar refractivity (Wildman–Crippen MR) is 121 cm³/mol.